The van der Waals surface area contributed by atoms with Crippen LogP contribution in [0.3, 0.4) is 0 Å². The van der Waals surface area contributed by atoms with Crippen LogP contribution in [-0.4, -0.2) is 29.8 Å². The SMILES string of the molecule is Cc1noc(C)c1COc1ccc(C(=O)N[C@@H](C)[C@H]2CCCO2)cc1. The summed E-state index contributed by atoms with van der Waals surface area (Å²) in [6.45, 7) is 6.90. The van der Waals surface area contributed by atoms with E-state index in [0.29, 0.717) is 17.9 Å². The van der Waals surface area contributed by atoms with Crippen molar-refractivity contribution in [2.24, 2.45) is 0 Å². The zero-order chi connectivity index (χ0) is 17.8. The maximum Gasteiger partial charge on any atom is 0.251 e. The first-order valence-corrected chi connectivity index (χ1v) is 8.61. The van der Waals surface area contributed by atoms with Gasteiger partial charge in [-0.1, -0.05) is 5.16 Å². The van der Waals surface area contributed by atoms with Gasteiger partial charge in [-0.05, 0) is 57.9 Å². The lowest BCUT2D eigenvalue weighted by Crippen LogP contribution is -2.40. The second-order valence-corrected chi connectivity index (χ2v) is 6.43. The topological polar surface area (TPSA) is 73.6 Å². The Morgan fingerprint density at radius 2 is 2.12 bits per heavy atom. The van der Waals surface area contributed by atoms with Crippen LogP contribution in [-0.2, 0) is 11.3 Å². The number of carbonyl (C=O) groups excluding carboxylic acids is 1. The smallest absolute Gasteiger partial charge is 0.251 e. The van der Waals surface area contributed by atoms with Crippen LogP contribution < -0.4 is 10.1 Å². The summed E-state index contributed by atoms with van der Waals surface area (Å²) in [5.74, 6) is 1.36. The van der Waals surface area contributed by atoms with E-state index >= 15 is 0 Å². The largest absolute Gasteiger partial charge is 0.489 e. The number of benzene rings is 1. The average molecular weight is 344 g/mol. The van der Waals surface area contributed by atoms with E-state index < -0.39 is 0 Å². The number of aryl methyl sites for hydroxylation is 2. The van der Waals surface area contributed by atoms with Gasteiger partial charge in [0.15, 0.2) is 0 Å². The van der Waals surface area contributed by atoms with Crippen molar-refractivity contribution in [2.45, 2.75) is 52.4 Å². The molecule has 1 N–H and O–H groups in total. The second kappa shape index (κ2) is 7.70. The van der Waals surface area contributed by atoms with E-state index in [-0.39, 0.29) is 18.1 Å². The van der Waals surface area contributed by atoms with Gasteiger partial charge in [0.25, 0.3) is 5.91 Å². The van der Waals surface area contributed by atoms with Crippen LogP contribution in [0.25, 0.3) is 0 Å². The number of rotatable bonds is 6. The fourth-order valence-electron chi connectivity index (χ4n) is 2.95. The molecule has 134 valence electrons. The van der Waals surface area contributed by atoms with Crippen LogP contribution in [0.15, 0.2) is 28.8 Å². The van der Waals surface area contributed by atoms with E-state index in [2.05, 4.69) is 10.5 Å². The number of hydrogen-bond acceptors (Lipinski definition) is 5. The van der Waals surface area contributed by atoms with Crippen LogP contribution in [0.5, 0.6) is 5.75 Å². The lowest BCUT2D eigenvalue weighted by molar-refractivity contribution is 0.0712. The molecule has 0 aliphatic carbocycles. The third-order valence-corrected chi connectivity index (χ3v) is 4.56. The highest BCUT2D eigenvalue weighted by molar-refractivity contribution is 5.94. The first-order chi connectivity index (χ1) is 12.0. The van der Waals surface area contributed by atoms with E-state index in [4.69, 9.17) is 14.0 Å². The van der Waals surface area contributed by atoms with Crippen molar-refractivity contribution in [2.75, 3.05) is 6.61 Å². The fraction of sp³-hybridized carbons (Fsp3) is 0.474. The molecule has 1 fully saturated rings. The summed E-state index contributed by atoms with van der Waals surface area (Å²) in [7, 11) is 0. The van der Waals surface area contributed by atoms with Crippen LogP contribution >= 0.6 is 0 Å². The number of hydrogen-bond donors (Lipinski definition) is 1. The van der Waals surface area contributed by atoms with Gasteiger partial charge in [-0.2, -0.15) is 0 Å². The molecule has 0 unspecified atom stereocenters. The van der Waals surface area contributed by atoms with Gasteiger partial charge in [0.2, 0.25) is 0 Å². The zero-order valence-corrected chi connectivity index (χ0v) is 14.9. The van der Waals surface area contributed by atoms with Gasteiger partial charge in [0, 0.05) is 12.2 Å². The Balaban J connectivity index is 1.55. The summed E-state index contributed by atoms with van der Waals surface area (Å²) in [6, 6.07) is 7.12. The maximum absolute atomic E-state index is 12.3. The summed E-state index contributed by atoms with van der Waals surface area (Å²) in [5.41, 5.74) is 2.39. The molecule has 0 radical (unpaired) electrons. The summed E-state index contributed by atoms with van der Waals surface area (Å²) in [5, 5.41) is 6.91. The lowest BCUT2D eigenvalue weighted by Gasteiger charge is -2.20. The molecule has 2 heterocycles. The molecule has 6 heteroatoms. The number of nitrogens with zero attached hydrogens (tertiary/aromatic N) is 1. The van der Waals surface area contributed by atoms with E-state index in [9.17, 15) is 4.79 Å². The Kier molecular flexibility index (Phi) is 5.38. The normalized spacial score (nSPS) is 18.1. The molecule has 0 saturated carbocycles. The van der Waals surface area contributed by atoms with Gasteiger partial charge in [-0.25, -0.2) is 0 Å². The Bertz CT molecular complexity index is 698. The Labute approximate surface area is 147 Å². The number of amides is 1. The quantitative estimate of drug-likeness (QED) is 0.871. The van der Waals surface area contributed by atoms with Crippen molar-refractivity contribution in [1.29, 1.82) is 0 Å². The lowest BCUT2D eigenvalue weighted by atomic mass is 10.1. The van der Waals surface area contributed by atoms with E-state index in [1.807, 2.05) is 20.8 Å². The van der Waals surface area contributed by atoms with E-state index in [1.165, 1.54) is 0 Å². The van der Waals surface area contributed by atoms with Gasteiger partial charge in [-0.3, -0.25) is 4.79 Å². The summed E-state index contributed by atoms with van der Waals surface area (Å²) >= 11 is 0. The van der Waals surface area contributed by atoms with Crippen LogP contribution in [0.4, 0.5) is 0 Å². The number of carbonyl (C=O) groups is 1. The maximum atomic E-state index is 12.3. The highest BCUT2D eigenvalue weighted by Gasteiger charge is 2.23. The third kappa shape index (κ3) is 4.20. The molecule has 1 saturated heterocycles. The molecule has 2 aromatic rings. The van der Waals surface area contributed by atoms with Gasteiger partial charge >= 0.3 is 0 Å². The predicted octanol–water partition coefficient (Wildman–Crippen LogP) is 3.17. The van der Waals surface area contributed by atoms with Crippen molar-refractivity contribution < 1.29 is 18.8 Å². The van der Waals surface area contributed by atoms with E-state index in [1.54, 1.807) is 24.3 Å². The summed E-state index contributed by atoms with van der Waals surface area (Å²) in [4.78, 5) is 12.3. The first-order valence-electron chi connectivity index (χ1n) is 8.61. The number of nitrogens with one attached hydrogen (secondary N) is 1. The molecular weight excluding hydrogens is 320 g/mol. The highest BCUT2D eigenvalue weighted by atomic mass is 16.5. The predicted molar refractivity (Wildman–Crippen MR) is 92.7 cm³/mol. The van der Waals surface area contributed by atoms with Crippen molar-refractivity contribution in [3.8, 4) is 5.75 Å². The zero-order valence-electron chi connectivity index (χ0n) is 14.9. The highest BCUT2D eigenvalue weighted by Crippen LogP contribution is 2.19. The molecule has 0 bridgehead atoms. The third-order valence-electron chi connectivity index (χ3n) is 4.56. The number of ether oxygens (including phenoxy) is 2. The molecular formula is C19H24N2O4. The summed E-state index contributed by atoms with van der Waals surface area (Å²) in [6.07, 6.45) is 2.17. The van der Waals surface area contributed by atoms with Gasteiger partial charge in [-0.15, -0.1) is 0 Å². The molecule has 3 rings (SSSR count). The second-order valence-electron chi connectivity index (χ2n) is 6.43. The minimum atomic E-state index is -0.0970. The molecule has 2 atom stereocenters. The number of aromatic nitrogens is 1. The average Bonchev–Trinajstić information content (AvgIpc) is 3.24. The molecule has 25 heavy (non-hydrogen) atoms. The minimum Gasteiger partial charge on any atom is -0.489 e. The Morgan fingerprint density at radius 3 is 2.72 bits per heavy atom. The minimum absolute atomic E-state index is 0.00506. The van der Waals surface area contributed by atoms with E-state index in [0.717, 1.165) is 36.5 Å². The monoisotopic (exact) mass is 344 g/mol. The van der Waals surface area contributed by atoms with Crippen LogP contribution in [0, 0.1) is 13.8 Å². The van der Waals surface area contributed by atoms with Gasteiger partial charge in [0.05, 0.1) is 23.4 Å². The van der Waals surface area contributed by atoms with Gasteiger partial charge in [0.1, 0.15) is 18.1 Å². The first kappa shape index (κ1) is 17.5. The van der Waals surface area contributed by atoms with Crippen LogP contribution in [0.2, 0.25) is 0 Å². The molecule has 1 aliphatic heterocycles. The molecule has 0 spiro atoms. The standard InChI is InChI=1S/C19H24N2O4/c1-12-17(14(3)25-21-12)11-24-16-8-6-15(7-9-16)19(22)20-13(2)18-5-4-10-23-18/h6-9,13,18H,4-5,10-11H2,1-3H3,(H,20,22)/t13-,18+/m0/s1. The van der Waals surface area contributed by atoms with Crippen molar-refractivity contribution in [3.63, 3.8) is 0 Å². The summed E-state index contributed by atoms with van der Waals surface area (Å²) < 4.78 is 16.5. The van der Waals surface area contributed by atoms with Crippen molar-refractivity contribution in [3.05, 3.63) is 46.8 Å². The Hall–Kier alpha value is -2.34. The molecule has 1 aromatic carbocycles. The van der Waals surface area contributed by atoms with Crippen LogP contribution in [0.1, 0.15) is 47.1 Å². The molecule has 1 aliphatic rings. The fourth-order valence-corrected chi connectivity index (χ4v) is 2.95. The Morgan fingerprint density at radius 1 is 1.36 bits per heavy atom. The molecule has 1 amide bonds. The van der Waals surface area contributed by atoms with Crippen molar-refractivity contribution in [1.82, 2.24) is 10.5 Å². The molecule has 1 aromatic heterocycles. The molecule has 6 nitrogen and oxygen atoms in total. The van der Waals surface area contributed by atoms with Crippen molar-refractivity contribution >= 4 is 5.91 Å². The van der Waals surface area contributed by atoms with Gasteiger partial charge < -0.3 is 19.3 Å².